The first kappa shape index (κ1) is 18.6. The Hall–Kier alpha value is -3.20. The molecular formula is C18H20N4O5. The lowest BCUT2D eigenvalue weighted by Gasteiger charge is -2.19. The molecule has 142 valence electrons. The zero-order valence-electron chi connectivity index (χ0n) is 15.2. The van der Waals surface area contributed by atoms with Gasteiger partial charge in [-0.2, -0.15) is 0 Å². The topological polar surface area (TPSA) is 114 Å². The fraction of sp³-hybridized carbons (Fsp3) is 0.333. The standard InChI is InChI=1S/C18H20N4O5/c1-18(2,3)27-17(26)22-10-19-12-8-11(4-5-14(12)22)20-13-9-15(24)21(6-7-23)16(13)25/h4-5,8-10,20,23H,6-7H2,1-3H3. The van der Waals surface area contributed by atoms with Crippen LogP contribution in [-0.2, 0) is 14.3 Å². The predicted octanol–water partition coefficient (Wildman–Crippen LogP) is 1.48. The van der Waals surface area contributed by atoms with Crippen molar-refractivity contribution in [1.82, 2.24) is 14.5 Å². The molecule has 1 aliphatic rings. The molecule has 0 aliphatic carbocycles. The molecule has 2 aromatic rings. The fourth-order valence-corrected chi connectivity index (χ4v) is 2.61. The summed E-state index contributed by atoms with van der Waals surface area (Å²) in [6.07, 6.45) is 2.01. The minimum absolute atomic E-state index is 0.0569. The maximum atomic E-state index is 12.2. The van der Waals surface area contributed by atoms with Gasteiger partial charge in [0.1, 0.15) is 17.6 Å². The number of imide groups is 1. The van der Waals surface area contributed by atoms with Crippen molar-refractivity contribution in [2.24, 2.45) is 0 Å². The molecular weight excluding hydrogens is 352 g/mol. The molecule has 0 saturated carbocycles. The number of hydrogen-bond acceptors (Lipinski definition) is 7. The lowest BCUT2D eigenvalue weighted by atomic mass is 10.2. The third kappa shape index (κ3) is 3.82. The molecule has 27 heavy (non-hydrogen) atoms. The van der Waals surface area contributed by atoms with Gasteiger partial charge in [-0.15, -0.1) is 0 Å². The summed E-state index contributed by atoms with van der Waals surface area (Å²) in [5, 5.41) is 11.8. The second kappa shape index (κ2) is 6.84. The molecule has 1 aromatic carbocycles. The summed E-state index contributed by atoms with van der Waals surface area (Å²) in [4.78, 5) is 41.4. The van der Waals surface area contributed by atoms with Gasteiger partial charge in [0.15, 0.2) is 0 Å². The molecule has 2 amide bonds. The number of rotatable bonds is 4. The number of aliphatic hydroxyl groups is 1. The van der Waals surface area contributed by atoms with Crippen LogP contribution in [0.4, 0.5) is 10.5 Å². The second-order valence-electron chi connectivity index (χ2n) is 7.00. The molecule has 1 aromatic heterocycles. The number of fused-ring (bicyclic) bond motifs is 1. The van der Waals surface area contributed by atoms with Gasteiger partial charge in [-0.25, -0.2) is 14.3 Å². The summed E-state index contributed by atoms with van der Waals surface area (Å²) in [6.45, 7) is 4.98. The lowest BCUT2D eigenvalue weighted by Crippen LogP contribution is -2.34. The van der Waals surface area contributed by atoms with Gasteiger partial charge in [-0.05, 0) is 39.0 Å². The van der Waals surface area contributed by atoms with Crippen molar-refractivity contribution in [3.05, 3.63) is 36.3 Å². The molecule has 0 atom stereocenters. The lowest BCUT2D eigenvalue weighted by molar-refractivity contribution is -0.137. The van der Waals surface area contributed by atoms with E-state index in [0.717, 1.165) is 4.90 Å². The van der Waals surface area contributed by atoms with Crippen molar-refractivity contribution in [1.29, 1.82) is 0 Å². The highest BCUT2D eigenvalue weighted by Gasteiger charge is 2.30. The fourth-order valence-electron chi connectivity index (χ4n) is 2.61. The minimum Gasteiger partial charge on any atom is -0.443 e. The number of benzene rings is 1. The number of carbonyl (C=O) groups excluding carboxylic acids is 3. The van der Waals surface area contributed by atoms with Crippen LogP contribution in [-0.4, -0.2) is 56.2 Å². The average molecular weight is 372 g/mol. The number of imidazole rings is 1. The Labute approximate surface area is 155 Å². The van der Waals surface area contributed by atoms with E-state index in [-0.39, 0.29) is 18.8 Å². The van der Waals surface area contributed by atoms with Crippen LogP contribution in [0.2, 0.25) is 0 Å². The van der Waals surface area contributed by atoms with Gasteiger partial charge >= 0.3 is 6.09 Å². The van der Waals surface area contributed by atoms with Crippen molar-refractivity contribution >= 4 is 34.6 Å². The van der Waals surface area contributed by atoms with Gasteiger partial charge in [-0.3, -0.25) is 14.5 Å². The predicted molar refractivity (Wildman–Crippen MR) is 96.9 cm³/mol. The van der Waals surface area contributed by atoms with Crippen LogP contribution in [0.15, 0.2) is 36.3 Å². The van der Waals surface area contributed by atoms with Crippen molar-refractivity contribution < 1.29 is 24.2 Å². The maximum Gasteiger partial charge on any atom is 0.420 e. The number of β-amino-alcohol motifs (C(OH)–C–C–N with tert-alkyl or cyclic N) is 1. The summed E-state index contributed by atoms with van der Waals surface area (Å²) < 4.78 is 6.64. The van der Waals surface area contributed by atoms with Crippen molar-refractivity contribution in [3.8, 4) is 0 Å². The number of ether oxygens (including phenoxy) is 1. The second-order valence-corrected chi connectivity index (χ2v) is 7.00. The third-order valence-electron chi connectivity index (χ3n) is 3.75. The summed E-state index contributed by atoms with van der Waals surface area (Å²) in [5.41, 5.74) is 1.10. The Morgan fingerprint density at radius 3 is 2.70 bits per heavy atom. The van der Waals surface area contributed by atoms with E-state index in [0.29, 0.717) is 16.7 Å². The van der Waals surface area contributed by atoms with Crippen LogP contribution in [0, 0.1) is 0 Å². The van der Waals surface area contributed by atoms with Gasteiger partial charge in [-0.1, -0.05) is 0 Å². The first-order chi connectivity index (χ1) is 12.7. The Bertz CT molecular complexity index is 954. The first-order valence-corrected chi connectivity index (χ1v) is 8.35. The quantitative estimate of drug-likeness (QED) is 0.781. The van der Waals surface area contributed by atoms with Crippen molar-refractivity contribution in [3.63, 3.8) is 0 Å². The Morgan fingerprint density at radius 1 is 1.30 bits per heavy atom. The molecule has 9 heteroatoms. The largest absolute Gasteiger partial charge is 0.443 e. The van der Waals surface area contributed by atoms with E-state index in [9.17, 15) is 14.4 Å². The van der Waals surface area contributed by atoms with Crippen LogP contribution in [0.5, 0.6) is 0 Å². The monoisotopic (exact) mass is 372 g/mol. The van der Waals surface area contributed by atoms with Gasteiger partial charge in [0.25, 0.3) is 11.8 Å². The Balaban J connectivity index is 1.81. The van der Waals surface area contributed by atoms with Crippen LogP contribution in [0.25, 0.3) is 11.0 Å². The number of aromatic nitrogens is 2. The van der Waals surface area contributed by atoms with Crippen molar-refractivity contribution in [2.75, 3.05) is 18.5 Å². The van der Waals surface area contributed by atoms with Crippen LogP contribution in [0.3, 0.4) is 0 Å². The average Bonchev–Trinajstić information content (AvgIpc) is 3.10. The molecule has 3 rings (SSSR count). The highest BCUT2D eigenvalue weighted by Crippen LogP contribution is 2.22. The van der Waals surface area contributed by atoms with E-state index in [1.165, 1.54) is 17.0 Å². The summed E-state index contributed by atoms with van der Waals surface area (Å²) in [6, 6.07) is 4.99. The van der Waals surface area contributed by atoms with E-state index in [4.69, 9.17) is 9.84 Å². The maximum absolute atomic E-state index is 12.2. The molecule has 9 nitrogen and oxygen atoms in total. The minimum atomic E-state index is -0.628. The van der Waals surface area contributed by atoms with Crippen LogP contribution in [0.1, 0.15) is 20.8 Å². The zero-order chi connectivity index (χ0) is 19.8. The van der Waals surface area contributed by atoms with Gasteiger partial charge in [0.05, 0.1) is 24.2 Å². The number of anilines is 1. The van der Waals surface area contributed by atoms with E-state index in [2.05, 4.69) is 10.3 Å². The first-order valence-electron chi connectivity index (χ1n) is 8.35. The number of hydrogen-bond donors (Lipinski definition) is 2. The number of nitrogens with one attached hydrogen (secondary N) is 1. The highest BCUT2D eigenvalue weighted by atomic mass is 16.6. The molecule has 0 fully saturated rings. The normalized spacial score (nSPS) is 14.7. The summed E-state index contributed by atoms with van der Waals surface area (Å²) >= 11 is 0. The van der Waals surface area contributed by atoms with Crippen LogP contribution >= 0.6 is 0 Å². The highest BCUT2D eigenvalue weighted by molar-refractivity contribution is 6.17. The zero-order valence-corrected chi connectivity index (χ0v) is 15.2. The molecule has 0 unspecified atom stereocenters. The van der Waals surface area contributed by atoms with Gasteiger partial charge < -0.3 is 15.2 Å². The number of amides is 2. The van der Waals surface area contributed by atoms with Crippen molar-refractivity contribution in [2.45, 2.75) is 26.4 Å². The van der Waals surface area contributed by atoms with E-state index in [1.807, 2.05) is 0 Å². The number of aliphatic hydroxyl groups excluding tert-OH is 1. The van der Waals surface area contributed by atoms with Crippen LogP contribution < -0.4 is 5.32 Å². The molecule has 2 heterocycles. The van der Waals surface area contributed by atoms with E-state index >= 15 is 0 Å². The Kier molecular flexibility index (Phi) is 4.71. The van der Waals surface area contributed by atoms with E-state index in [1.54, 1.807) is 39.0 Å². The third-order valence-corrected chi connectivity index (χ3v) is 3.75. The molecule has 0 spiro atoms. The molecule has 0 saturated heterocycles. The van der Waals surface area contributed by atoms with E-state index < -0.39 is 23.5 Å². The summed E-state index contributed by atoms with van der Waals surface area (Å²) in [7, 11) is 0. The summed E-state index contributed by atoms with van der Waals surface area (Å²) in [5.74, 6) is -0.986. The van der Waals surface area contributed by atoms with Gasteiger partial charge in [0.2, 0.25) is 0 Å². The molecule has 0 radical (unpaired) electrons. The van der Waals surface area contributed by atoms with Gasteiger partial charge in [0, 0.05) is 11.8 Å². The molecule has 0 bridgehead atoms. The number of carbonyl (C=O) groups is 3. The SMILES string of the molecule is CC(C)(C)OC(=O)n1cnc2cc(NC3=CC(=O)N(CCO)C3=O)ccc21. The molecule has 1 aliphatic heterocycles. The smallest absolute Gasteiger partial charge is 0.420 e. The number of nitrogens with zero attached hydrogens (tertiary/aromatic N) is 3. The molecule has 2 N–H and O–H groups in total. The Morgan fingerprint density at radius 2 is 2.04 bits per heavy atom.